The van der Waals surface area contributed by atoms with Gasteiger partial charge in [0.2, 0.25) is 0 Å². The fourth-order valence-corrected chi connectivity index (χ4v) is 1.85. The SMILES string of the molecule is C=C(CCN)c1cc(-c2ccccc2)nn1C. The monoisotopic (exact) mass is 227 g/mol. The predicted octanol–water partition coefficient (Wildman–Crippen LogP) is 2.45. The third kappa shape index (κ3) is 2.45. The first-order valence-electron chi connectivity index (χ1n) is 5.70. The summed E-state index contributed by atoms with van der Waals surface area (Å²) in [6.45, 7) is 4.66. The van der Waals surface area contributed by atoms with Gasteiger partial charge in [0.05, 0.1) is 11.4 Å². The zero-order valence-electron chi connectivity index (χ0n) is 10.1. The Bertz CT molecular complexity index is 512. The summed E-state index contributed by atoms with van der Waals surface area (Å²) in [5.74, 6) is 0. The number of nitrogens with zero attached hydrogens (tertiary/aromatic N) is 2. The molecule has 1 aromatic heterocycles. The lowest BCUT2D eigenvalue weighted by molar-refractivity contribution is 0.755. The third-order valence-electron chi connectivity index (χ3n) is 2.76. The van der Waals surface area contributed by atoms with Crippen LogP contribution in [0, 0.1) is 0 Å². The quantitative estimate of drug-likeness (QED) is 0.872. The highest BCUT2D eigenvalue weighted by Gasteiger charge is 2.08. The Morgan fingerprint density at radius 2 is 2.06 bits per heavy atom. The zero-order valence-corrected chi connectivity index (χ0v) is 10.1. The Hall–Kier alpha value is -1.87. The van der Waals surface area contributed by atoms with Crippen LogP contribution in [0.2, 0.25) is 0 Å². The first kappa shape index (κ1) is 11.6. The first-order valence-corrected chi connectivity index (χ1v) is 5.70. The Labute approximate surface area is 102 Å². The van der Waals surface area contributed by atoms with Crippen LogP contribution in [0.25, 0.3) is 16.8 Å². The second kappa shape index (κ2) is 4.97. The largest absolute Gasteiger partial charge is 0.330 e. The average molecular weight is 227 g/mol. The Balaban J connectivity index is 2.34. The van der Waals surface area contributed by atoms with Gasteiger partial charge in [-0.3, -0.25) is 4.68 Å². The van der Waals surface area contributed by atoms with Crippen molar-refractivity contribution in [3.05, 3.63) is 48.7 Å². The van der Waals surface area contributed by atoms with E-state index in [1.54, 1.807) is 0 Å². The van der Waals surface area contributed by atoms with Gasteiger partial charge in [-0.2, -0.15) is 5.10 Å². The van der Waals surface area contributed by atoms with E-state index in [4.69, 9.17) is 5.73 Å². The summed E-state index contributed by atoms with van der Waals surface area (Å²) in [4.78, 5) is 0. The smallest absolute Gasteiger partial charge is 0.0929 e. The van der Waals surface area contributed by atoms with E-state index in [2.05, 4.69) is 29.9 Å². The molecule has 0 spiro atoms. The fraction of sp³-hybridized carbons (Fsp3) is 0.214. The molecule has 0 aliphatic heterocycles. The summed E-state index contributed by atoms with van der Waals surface area (Å²) in [5, 5.41) is 4.50. The molecule has 2 aromatic rings. The molecule has 0 saturated carbocycles. The van der Waals surface area contributed by atoms with Crippen molar-refractivity contribution in [2.24, 2.45) is 12.8 Å². The van der Waals surface area contributed by atoms with E-state index in [0.717, 1.165) is 28.9 Å². The molecule has 0 saturated heterocycles. The summed E-state index contributed by atoms with van der Waals surface area (Å²) < 4.78 is 1.86. The van der Waals surface area contributed by atoms with E-state index in [1.165, 1.54) is 0 Å². The number of aromatic nitrogens is 2. The van der Waals surface area contributed by atoms with E-state index in [0.29, 0.717) is 6.54 Å². The molecule has 3 heteroatoms. The molecular formula is C14H17N3. The molecule has 0 fully saturated rings. The minimum Gasteiger partial charge on any atom is -0.330 e. The van der Waals surface area contributed by atoms with Gasteiger partial charge in [-0.25, -0.2) is 0 Å². The van der Waals surface area contributed by atoms with Crippen molar-refractivity contribution < 1.29 is 0 Å². The minimum atomic E-state index is 0.616. The van der Waals surface area contributed by atoms with Crippen molar-refractivity contribution in [1.29, 1.82) is 0 Å². The summed E-state index contributed by atoms with van der Waals surface area (Å²) in [5.41, 5.74) is 9.72. The molecule has 0 atom stereocenters. The minimum absolute atomic E-state index is 0.616. The van der Waals surface area contributed by atoms with Crippen molar-refractivity contribution in [3.63, 3.8) is 0 Å². The van der Waals surface area contributed by atoms with Crippen molar-refractivity contribution in [1.82, 2.24) is 9.78 Å². The summed E-state index contributed by atoms with van der Waals surface area (Å²) in [6, 6.07) is 12.2. The standard InChI is InChI=1S/C14H17N3/c1-11(8-9-15)14-10-13(16-17(14)2)12-6-4-3-5-7-12/h3-7,10H,1,8-9,15H2,2H3. The molecule has 1 aromatic carbocycles. The van der Waals surface area contributed by atoms with Gasteiger partial charge < -0.3 is 5.73 Å². The topological polar surface area (TPSA) is 43.8 Å². The second-order valence-corrected chi connectivity index (χ2v) is 4.05. The van der Waals surface area contributed by atoms with Crippen LogP contribution >= 0.6 is 0 Å². The molecule has 2 rings (SSSR count). The number of rotatable bonds is 4. The molecule has 1 heterocycles. The molecule has 2 N–H and O–H groups in total. The number of aryl methyl sites for hydroxylation is 1. The lowest BCUT2D eigenvalue weighted by Crippen LogP contribution is -2.02. The van der Waals surface area contributed by atoms with Crippen molar-refractivity contribution in [2.45, 2.75) is 6.42 Å². The molecule has 0 aliphatic carbocycles. The maximum absolute atomic E-state index is 5.54. The maximum atomic E-state index is 5.54. The van der Waals surface area contributed by atoms with E-state index < -0.39 is 0 Å². The van der Waals surface area contributed by atoms with Crippen LogP contribution < -0.4 is 5.73 Å². The summed E-state index contributed by atoms with van der Waals surface area (Å²) >= 11 is 0. The highest BCUT2D eigenvalue weighted by atomic mass is 15.3. The number of hydrogen-bond acceptors (Lipinski definition) is 2. The highest BCUT2D eigenvalue weighted by molar-refractivity contribution is 5.67. The molecule has 0 aliphatic rings. The number of nitrogens with two attached hydrogens (primary N) is 1. The van der Waals surface area contributed by atoms with Crippen LogP contribution in [0.4, 0.5) is 0 Å². The van der Waals surface area contributed by atoms with Crippen LogP contribution in [0.15, 0.2) is 43.0 Å². The van der Waals surface area contributed by atoms with Gasteiger partial charge in [0, 0.05) is 12.6 Å². The molecule has 17 heavy (non-hydrogen) atoms. The third-order valence-corrected chi connectivity index (χ3v) is 2.76. The van der Waals surface area contributed by atoms with Gasteiger partial charge in [0.15, 0.2) is 0 Å². The van der Waals surface area contributed by atoms with E-state index >= 15 is 0 Å². The number of benzene rings is 1. The highest BCUT2D eigenvalue weighted by Crippen LogP contribution is 2.22. The van der Waals surface area contributed by atoms with Crippen LogP contribution in [-0.4, -0.2) is 16.3 Å². The van der Waals surface area contributed by atoms with Crippen molar-refractivity contribution in [2.75, 3.05) is 6.54 Å². The van der Waals surface area contributed by atoms with Gasteiger partial charge in [-0.1, -0.05) is 36.9 Å². The van der Waals surface area contributed by atoms with Gasteiger partial charge in [-0.15, -0.1) is 0 Å². The van der Waals surface area contributed by atoms with E-state index in [1.807, 2.05) is 29.9 Å². The summed E-state index contributed by atoms with van der Waals surface area (Å²) in [7, 11) is 1.93. The van der Waals surface area contributed by atoms with Crippen LogP contribution in [0.1, 0.15) is 12.1 Å². The van der Waals surface area contributed by atoms with Crippen LogP contribution in [0.3, 0.4) is 0 Å². The Morgan fingerprint density at radius 1 is 1.35 bits per heavy atom. The van der Waals surface area contributed by atoms with Gasteiger partial charge in [0.1, 0.15) is 0 Å². The molecule has 0 bridgehead atoms. The predicted molar refractivity (Wildman–Crippen MR) is 71.3 cm³/mol. The average Bonchev–Trinajstić information content (AvgIpc) is 2.73. The Kier molecular flexibility index (Phi) is 3.40. The van der Waals surface area contributed by atoms with Gasteiger partial charge in [-0.05, 0) is 24.6 Å². The maximum Gasteiger partial charge on any atom is 0.0929 e. The van der Waals surface area contributed by atoms with Crippen molar-refractivity contribution >= 4 is 5.57 Å². The normalized spacial score (nSPS) is 10.5. The number of hydrogen-bond donors (Lipinski definition) is 1. The second-order valence-electron chi connectivity index (χ2n) is 4.05. The molecule has 0 radical (unpaired) electrons. The molecule has 88 valence electrons. The molecular weight excluding hydrogens is 210 g/mol. The lowest BCUT2D eigenvalue weighted by atomic mass is 10.1. The van der Waals surface area contributed by atoms with E-state index in [-0.39, 0.29) is 0 Å². The van der Waals surface area contributed by atoms with Crippen LogP contribution in [0.5, 0.6) is 0 Å². The molecule has 3 nitrogen and oxygen atoms in total. The van der Waals surface area contributed by atoms with Crippen molar-refractivity contribution in [3.8, 4) is 11.3 Å². The zero-order chi connectivity index (χ0) is 12.3. The van der Waals surface area contributed by atoms with E-state index in [9.17, 15) is 0 Å². The molecule has 0 unspecified atom stereocenters. The van der Waals surface area contributed by atoms with Gasteiger partial charge >= 0.3 is 0 Å². The Morgan fingerprint density at radius 3 is 2.71 bits per heavy atom. The molecule has 0 amide bonds. The first-order chi connectivity index (χ1) is 8.22. The fourth-order valence-electron chi connectivity index (χ4n) is 1.85. The van der Waals surface area contributed by atoms with Crippen LogP contribution in [-0.2, 0) is 7.05 Å². The lowest BCUT2D eigenvalue weighted by Gasteiger charge is -2.02. The summed E-state index contributed by atoms with van der Waals surface area (Å²) in [6.07, 6.45) is 0.799. The van der Waals surface area contributed by atoms with Gasteiger partial charge in [0.25, 0.3) is 0 Å².